The van der Waals surface area contributed by atoms with E-state index in [1.165, 1.54) is 0 Å². The Labute approximate surface area is 66.2 Å². The summed E-state index contributed by atoms with van der Waals surface area (Å²) in [6, 6.07) is 0. The van der Waals surface area contributed by atoms with E-state index in [-0.39, 0.29) is 0 Å². The predicted octanol–water partition coefficient (Wildman–Crippen LogP) is 0.835. The first-order valence-corrected chi connectivity index (χ1v) is 3.36. The van der Waals surface area contributed by atoms with Gasteiger partial charge in [-0.25, -0.2) is 4.68 Å². The van der Waals surface area contributed by atoms with Gasteiger partial charge in [-0.15, -0.1) is 5.10 Å². The van der Waals surface area contributed by atoms with Crippen molar-refractivity contribution in [1.29, 1.82) is 0 Å². The minimum atomic E-state index is 0.702. The fourth-order valence-electron chi connectivity index (χ4n) is 0.643. The average molecular weight is 152 g/mol. The third kappa shape index (κ3) is 1.58. The number of hydrogen-bond donors (Lipinski definition) is 0. The topological polar surface area (TPSA) is 34.0 Å². The van der Waals surface area contributed by atoms with Crippen molar-refractivity contribution in [1.82, 2.24) is 14.8 Å². The second-order valence-corrected chi connectivity index (χ2v) is 2.62. The molecule has 0 N–H and O–H groups in total. The molecule has 0 fully saturated rings. The van der Waals surface area contributed by atoms with Gasteiger partial charge in [-0.1, -0.05) is 6.58 Å². The minimum absolute atomic E-state index is 0.702. The maximum absolute atomic E-state index is 4.14. The molecular formula is C7H12N4. The van der Waals surface area contributed by atoms with Crippen LogP contribution in [-0.2, 0) is 0 Å². The van der Waals surface area contributed by atoms with Crippen LogP contribution in [0, 0.1) is 0 Å². The molecule has 1 heterocycles. The normalized spacial score (nSPS) is 9.73. The Kier molecular flexibility index (Phi) is 1.94. The molecule has 0 saturated heterocycles. The molecule has 0 unspecified atom stereocenters. The van der Waals surface area contributed by atoms with E-state index < -0.39 is 0 Å². The monoisotopic (exact) mass is 152 g/mol. The summed E-state index contributed by atoms with van der Waals surface area (Å²) in [5.74, 6) is 0.702. The fraction of sp³-hybridized carbons (Fsp3) is 0.429. The van der Waals surface area contributed by atoms with Gasteiger partial charge >= 0.3 is 0 Å². The lowest BCUT2D eigenvalue weighted by Gasteiger charge is -2.04. The van der Waals surface area contributed by atoms with E-state index in [0.717, 1.165) is 5.70 Å². The van der Waals surface area contributed by atoms with Gasteiger partial charge in [-0.05, 0) is 6.92 Å². The Bertz CT molecular complexity index is 261. The first-order valence-electron chi connectivity index (χ1n) is 3.36. The predicted molar refractivity (Wildman–Crippen MR) is 45.4 cm³/mol. The van der Waals surface area contributed by atoms with Crippen LogP contribution in [0.25, 0.3) is 5.70 Å². The van der Waals surface area contributed by atoms with Crippen LogP contribution in [-0.4, -0.2) is 28.9 Å². The largest absolute Gasteiger partial charge is 0.346 e. The van der Waals surface area contributed by atoms with Crippen LogP contribution in [0.5, 0.6) is 0 Å². The molecule has 0 saturated carbocycles. The molecule has 0 amide bonds. The van der Waals surface area contributed by atoms with E-state index >= 15 is 0 Å². The Morgan fingerprint density at radius 3 is 2.55 bits per heavy atom. The highest BCUT2D eigenvalue weighted by atomic mass is 15.4. The molecule has 11 heavy (non-hydrogen) atoms. The molecule has 4 heteroatoms. The molecule has 0 atom stereocenters. The van der Waals surface area contributed by atoms with Gasteiger partial charge in [0.15, 0.2) is 0 Å². The summed E-state index contributed by atoms with van der Waals surface area (Å²) >= 11 is 0. The second kappa shape index (κ2) is 2.74. The van der Waals surface area contributed by atoms with Gasteiger partial charge in [0.25, 0.3) is 0 Å². The van der Waals surface area contributed by atoms with Crippen molar-refractivity contribution in [3.63, 3.8) is 0 Å². The summed E-state index contributed by atoms with van der Waals surface area (Å²) in [5, 5.41) is 4.14. The van der Waals surface area contributed by atoms with Crippen molar-refractivity contribution in [3.8, 4) is 0 Å². The van der Waals surface area contributed by atoms with Crippen LogP contribution < -0.4 is 4.90 Å². The molecule has 1 aromatic rings. The van der Waals surface area contributed by atoms with Crippen molar-refractivity contribution in [3.05, 3.63) is 12.9 Å². The van der Waals surface area contributed by atoms with Crippen LogP contribution in [0.2, 0.25) is 0 Å². The van der Waals surface area contributed by atoms with Gasteiger partial charge in [-0.3, -0.25) is 0 Å². The molecule has 0 bridgehead atoms. The van der Waals surface area contributed by atoms with Crippen molar-refractivity contribution >= 4 is 11.6 Å². The third-order valence-electron chi connectivity index (χ3n) is 1.27. The van der Waals surface area contributed by atoms with Gasteiger partial charge in [0.1, 0.15) is 6.33 Å². The molecule has 0 aliphatic carbocycles. The SMILES string of the molecule is C=C(C)n1cnc(N(C)C)n1. The molecule has 4 nitrogen and oxygen atoms in total. The smallest absolute Gasteiger partial charge is 0.244 e. The van der Waals surface area contributed by atoms with Gasteiger partial charge < -0.3 is 4.90 Å². The first-order chi connectivity index (χ1) is 5.11. The standard InChI is InChI=1S/C7H12N4/c1-6(2)11-5-8-7(9-11)10(3)4/h5H,1H2,2-4H3. The van der Waals surface area contributed by atoms with Crippen LogP contribution in [0.3, 0.4) is 0 Å². The van der Waals surface area contributed by atoms with Gasteiger partial charge in [0, 0.05) is 19.8 Å². The molecule has 1 rings (SSSR count). The van der Waals surface area contributed by atoms with Crippen LogP contribution in [0.4, 0.5) is 5.95 Å². The lowest BCUT2D eigenvalue weighted by atomic mass is 10.6. The van der Waals surface area contributed by atoms with Crippen LogP contribution >= 0.6 is 0 Å². The average Bonchev–Trinajstić information content (AvgIpc) is 2.33. The van der Waals surface area contributed by atoms with Crippen molar-refractivity contribution < 1.29 is 0 Å². The molecule has 1 aromatic heterocycles. The number of anilines is 1. The van der Waals surface area contributed by atoms with Gasteiger partial charge in [-0.2, -0.15) is 4.98 Å². The highest BCUT2D eigenvalue weighted by molar-refractivity contribution is 5.37. The van der Waals surface area contributed by atoms with E-state index in [1.54, 1.807) is 11.0 Å². The zero-order valence-electron chi connectivity index (χ0n) is 7.07. The number of aromatic nitrogens is 3. The Hall–Kier alpha value is -1.32. The Morgan fingerprint density at radius 2 is 2.27 bits per heavy atom. The highest BCUT2D eigenvalue weighted by Crippen LogP contribution is 2.03. The Morgan fingerprint density at radius 1 is 1.64 bits per heavy atom. The molecule has 60 valence electrons. The molecule has 0 aliphatic heterocycles. The molecular weight excluding hydrogens is 140 g/mol. The summed E-state index contributed by atoms with van der Waals surface area (Å²) in [6.45, 7) is 5.62. The summed E-state index contributed by atoms with van der Waals surface area (Å²) in [7, 11) is 3.80. The third-order valence-corrected chi connectivity index (χ3v) is 1.27. The van der Waals surface area contributed by atoms with E-state index in [2.05, 4.69) is 16.7 Å². The summed E-state index contributed by atoms with van der Waals surface area (Å²) in [5.41, 5.74) is 0.866. The van der Waals surface area contributed by atoms with E-state index in [9.17, 15) is 0 Å². The molecule has 0 aromatic carbocycles. The van der Waals surface area contributed by atoms with Gasteiger partial charge in [0.2, 0.25) is 5.95 Å². The zero-order valence-corrected chi connectivity index (χ0v) is 7.07. The lowest BCUT2D eigenvalue weighted by molar-refractivity contribution is 0.881. The fourth-order valence-corrected chi connectivity index (χ4v) is 0.643. The first kappa shape index (κ1) is 7.78. The van der Waals surface area contributed by atoms with Crippen LogP contribution in [0.15, 0.2) is 12.9 Å². The number of nitrogens with zero attached hydrogens (tertiary/aromatic N) is 4. The van der Waals surface area contributed by atoms with E-state index in [0.29, 0.717) is 5.95 Å². The summed E-state index contributed by atoms with van der Waals surface area (Å²) in [4.78, 5) is 5.90. The molecule has 0 radical (unpaired) electrons. The molecule has 0 aliphatic rings. The van der Waals surface area contributed by atoms with Crippen LogP contribution in [0.1, 0.15) is 6.92 Å². The van der Waals surface area contributed by atoms with Crippen molar-refractivity contribution in [2.75, 3.05) is 19.0 Å². The number of hydrogen-bond acceptors (Lipinski definition) is 3. The lowest BCUT2D eigenvalue weighted by Crippen LogP contribution is -2.10. The minimum Gasteiger partial charge on any atom is -0.346 e. The maximum atomic E-state index is 4.14. The Balaban J connectivity index is 2.90. The van der Waals surface area contributed by atoms with Gasteiger partial charge in [0.05, 0.1) is 0 Å². The quantitative estimate of drug-likeness (QED) is 0.629. The summed E-state index contributed by atoms with van der Waals surface area (Å²) < 4.78 is 1.65. The number of allylic oxidation sites excluding steroid dienone is 1. The highest BCUT2D eigenvalue weighted by Gasteiger charge is 2.00. The zero-order chi connectivity index (χ0) is 8.43. The second-order valence-electron chi connectivity index (χ2n) is 2.62. The van der Waals surface area contributed by atoms with E-state index in [4.69, 9.17) is 0 Å². The van der Waals surface area contributed by atoms with Crippen molar-refractivity contribution in [2.45, 2.75) is 6.92 Å². The molecule has 0 spiro atoms. The van der Waals surface area contributed by atoms with E-state index in [1.807, 2.05) is 25.9 Å². The van der Waals surface area contributed by atoms with Crippen molar-refractivity contribution in [2.24, 2.45) is 0 Å². The summed E-state index contributed by atoms with van der Waals surface area (Å²) in [6.07, 6.45) is 1.65. The number of rotatable bonds is 2. The maximum Gasteiger partial charge on any atom is 0.244 e.